The van der Waals surface area contributed by atoms with E-state index < -0.39 is 22.0 Å². The second kappa shape index (κ2) is 5.27. The Morgan fingerprint density at radius 2 is 2.42 bits per heavy atom. The van der Waals surface area contributed by atoms with E-state index in [2.05, 4.69) is 10.2 Å². The van der Waals surface area contributed by atoms with Crippen molar-refractivity contribution in [2.75, 3.05) is 19.8 Å². The number of aromatic nitrogens is 2. The highest BCUT2D eigenvalue weighted by atomic mass is 32.2. The lowest BCUT2D eigenvalue weighted by Crippen LogP contribution is -2.49. The number of ether oxygens (including phenoxy) is 1. The summed E-state index contributed by atoms with van der Waals surface area (Å²) in [6.45, 7) is 2.09. The van der Waals surface area contributed by atoms with Crippen LogP contribution in [0.4, 0.5) is 0 Å². The summed E-state index contributed by atoms with van der Waals surface area (Å²) in [7, 11) is -3.75. The lowest BCUT2D eigenvalue weighted by atomic mass is 10.2. The van der Waals surface area contributed by atoms with Crippen LogP contribution in [0.1, 0.15) is 12.1 Å². The smallest absolute Gasteiger partial charge is 0.305 e. The number of aromatic amines is 1. The molecule has 19 heavy (non-hydrogen) atoms. The molecular formula is C10H15N3O5S. The van der Waals surface area contributed by atoms with E-state index in [0.717, 1.165) is 0 Å². The van der Waals surface area contributed by atoms with Crippen LogP contribution in [0.2, 0.25) is 0 Å². The zero-order valence-corrected chi connectivity index (χ0v) is 11.2. The van der Waals surface area contributed by atoms with Crippen LogP contribution in [0.3, 0.4) is 0 Å². The highest BCUT2D eigenvalue weighted by molar-refractivity contribution is 7.89. The quantitative estimate of drug-likeness (QED) is 0.778. The molecule has 1 aliphatic rings. The number of hydrogen-bond donors (Lipinski definition) is 2. The Morgan fingerprint density at radius 1 is 1.68 bits per heavy atom. The van der Waals surface area contributed by atoms with Crippen molar-refractivity contribution in [1.29, 1.82) is 0 Å². The van der Waals surface area contributed by atoms with Crippen LogP contribution in [0.5, 0.6) is 0 Å². The van der Waals surface area contributed by atoms with E-state index in [1.165, 1.54) is 10.5 Å². The van der Waals surface area contributed by atoms with Gasteiger partial charge in [0.1, 0.15) is 4.90 Å². The molecule has 2 rings (SSSR count). The summed E-state index contributed by atoms with van der Waals surface area (Å²) in [5, 5.41) is 15.1. The molecule has 1 aromatic heterocycles. The third-order valence-electron chi connectivity index (χ3n) is 2.95. The minimum absolute atomic E-state index is 0.0739. The summed E-state index contributed by atoms with van der Waals surface area (Å²) >= 11 is 0. The Kier molecular flexibility index (Phi) is 3.88. The third kappa shape index (κ3) is 2.77. The van der Waals surface area contributed by atoms with Crippen LogP contribution in [0.15, 0.2) is 11.1 Å². The number of carboxylic acids is 1. The van der Waals surface area contributed by atoms with Crippen molar-refractivity contribution in [2.24, 2.45) is 0 Å². The van der Waals surface area contributed by atoms with Crippen LogP contribution in [-0.4, -0.2) is 59.8 Å². The standard InChI is InChI=1S/C10H15N3O5S/c1-7-9(5-11-12-7)19(16,17)13-2-3-18-6-8(13)4-10(14)15/h5,8H,2-4,6H2,1H3,(H,11,12)(H,14,15). The predicted octanol–water partition coefficient (Wildman–Crippen LogP) is -0.418. The van der Waals surface area contributed by atoms with Crippen molar-refractivity contribution < 1.29 is 23.1 Å². The van der Waals surface area contributed by atoms with Crippen LogP contribution in [0.25, 0.3) is 0 Å². The Morgan fingerprint density at radius 3 is 3.00 bits per heavy atom. The minimum atomic E-state index is -3.75. The fourth-order valence-electron chi connectivity index (χ4n) is 2.04. The molecule has 1 fully saturated rings. The summed E-state index contributed by atoms with van der Waals surface area (Å²) in [6.07, 6.45) is 0.952. The summed E-state index contributed by atoms with van der Waals surface area (Å²) < 4.78 is 31.3. The minimum Gasteiger partial charge on any atom is -0.481 e. The van der Waals surface area contributed by atoms with E-state index in [0.29, 0.717) is 5.69 Å². The SMILES string of the molecule is Cc1[nH]ncc1S(=O)(=O)N1CCOCC1CC(=O)O. The zero-order chi connectivity index (χ0) is 14.0. The maximum Gasteiger partial charge on any atom is 0.305 e. The predicted molar refractivity (Wildman–Crippen MR) is 64.1 cm³/mol. The molecule has 8 nitrogen and oxygen atoms in total. The van der Waals surface area contributed by atoms with Gasteiger partial charge in [-0.05, 0) is 6.92 Å². The molecular weight excluding hydrogens is 274 g/mol. The molecule has 0 spiro atoms. The number of nitrogens with zero attached hydrogens (tertiary/aromatic N) is 2. The molecule has 0 aliphatic carbocycles. The van der Waals surface area contributed by atoms with Crippen molar-refractivity contribution in [3.8, 4) is 0 Å². The molecule has 1 aromatic rings. The van der Waals surface area contributed by atoms with E-state index in [1.54, 1.807) is 6.92 Å². The monoisotopic (exact) mass is 289 g/mol. The summed E-state index contributed by atoms with van der Waals surface area (Å²) in [4.78, 5) is 10.9. The maximum absolute atomic E-state index is 12.5. The van der Waals surface area contributed by atoms with Gasteiger partial charge in [0.25, 0.3) is 0 Å². The number of nitrogens with one attached hydrogen (secondary N) is 1. The van der Waals surface area contributed by atoms with Gasteiger partial charge in [0.15, 0.2) is 0 Å². The lowest BCUT2D eigenvalue weighted by molar-refractivity contribution is -0.139. The molecule has 1 unspecified atom stereocenters. The summed E-state index contributed by atoms with van der Waals surface area (Å²) in [5.41, 5.74) is 0.431. The Bertz CT molecular complexity index is 567. The topological polar surface area (TPSA) is 113 Å². The molecule has 0 amide bonds. The molecule has 2 N–H and O–H groups in total. The van der Waals surface area contributed by atoms with Gasteiger partial charge >= 0.3 is 5.97 Å². The van der Waals surface area contributed by atoms with E-state index >= 15 is 0 Å². The number of H-pyrrole nitrogens is 1. The average Bonchev–Trinajstić information content (AvgIpc) is 2.76. The van der Waals surface area contributed by atoms with Crippen LogP contribution in [0, 0.1) is 6.92 Å². The first-order chi connectivity index (χ1) is 8.93. The second-order valence-electron chi connectivity index (χ2n) is 4.30. The number of rotatable bonds is 4. The first-order valence-electron chi connectivity index (χ1n) is 5.74. The molecule has 1 atom stereocenters. The number of hydrogen-bond acceptors (Lipinski definition) is 5. The number of morpholine rings is 1. The normalized spacial score (nSPS) is 21.4. The summed E-state index contributed by atoms with van der Waals surface area (Å²) in [6, 6.07) is -0.689. The Balaban J connectivity index is 2.32. The van der Waals surface area contributed by atoms with Crippen LogP contribution in [-0.2, 0) is 19.6 Å². The van der Waals surface area contributed by atoms with Gasteiger partial charge in [-0.2, -0.15) is 9.40 Å². The molecule has 9 heteroatoms. The highest BCUT2D eigenvalue weighted by Crippen LogP contribution is 2.23. The van der Waals surface area contributed by atoms with E-state index in [4.69, 9.17) is 9.84 Å². The fraction of sp³-hybridized carbons (Fsp3) is 0.600. The van der Waals surface area contributed by atoms with Crippen molar-refractivity contribution in [1.82, 2.24) is 14.5 Å². The van der Waals surface area contributed by atoms with Gasteiger partial charge < -0.3 is 9.84 Å². The van der Waals surface area contributed by atoms with Crippen molar-refractivity contribution in [2.45, 2.75) is 24.3 Å². The van der Waals surface area contributed by atoms with Gasteiger partial charge in [0.2, 0.25) is 10.0 Å². The first-order valence-corrected chi connectivity index (χ1v) is 7.18. The van der Waals surface area contributed by atoms with Gasteiger partial charge in [0, 0.05) is 6.54 Å². The van der Waals surface area contributed by atoms with Gasteiger partial charge in [-0.3, -0.25) is 9.89 Å². The molecule has 0 saturated carbocycles. The first kappa shape index (κ1) is 14.0. The van der Waals surface area contributed by atoms with Crippen molar-refractivity contribution in [3.63, 3.8) is 0 Å². The number of carbonyl (C=O) groups is 1. The largest absolute Gasteiger partial charge is 0.481 e. The average molecular weight is 289 g/mol. The Labute approximate surface area is 110 Å². The third-order valence-corrected chi connectivity index (χ3v) is 5.02. The molecule has 0 aromatic carbocycles. The number of aryl methyl sites for hydroxylation is 1. The molecule has 2 heterocycles. The Hall–Kier alpha value is -1.45. The maximum atomic E-state index is 12.5. The molecule has 0 bridgehead atoms. The number of aliphatic carboxylic acids is 1. The number of sulfonamides is 1. The lowest BCUT2D eigenvalue weighted by Gasteiger charge is -2.33. The van der Waals surface area contributed by atoms with E-state index in [-0.39, 0.29) is 31.1 Å². The molecule has 1 aliphatic heterocycles. The highest BCUT2D eigenvalue weighted by Gasteiger charge is 2.36. The van der Waals surface area contributed by atoms with E-state index in [9.17, 15) is 13.2 Å². The van der Waals surface area contributed by atoms with Crippen LogP contribution >= 0.6 is 0 Å². The van der Waals surface area contributed by atoms with Crippen molar-refractivity contribution >= 4 is 16.0 Å². The second-order valence-corrected chi connectivity index (χ2v) is 6.16. The van der Waals surface area contributed by atoms with Crippen molar-refractivity contribution in [3.05, 3.63) is 11.9 Å². The molecule has 1 saturated heterocycles. The van der Waals surface area contributed by atoms with Crippen LogP contribution < -0.4 is 0 Å². The van der Waals surface area contributed by atoms with Gasteiger partial charge in [-0.15, -0.1) is 0 Å². The van der Waals surface area contributed by atoms with Gasteiger partial charge in [0.05, 0.1) is 37.6 Å². The fourth-order valence-corrected chi connectivity index (χ4v) is 3.76. The molecule has 0 radical (unpaired) electrons. The summed E-state index contributed by atoms with van der Waals surface area (Å²) in [5.74, 6) is -1.06. The van der Waals surface area contributed by atoms with Gasteiger partial charge in [-0.1, -0.05) is 0 Å². The van der Waals surface area contributed by atoms with Gasteiger partial charge in [-0.25, -0.2) is 8.42 Å². The number of carboxylic acid groups (broad SMARTS) is 1. The zero-order valence-electron chi connectivity index (χ0n) is 10.4. The molecule has 106 valence electrons. The van der Waals surface area contributed by atoms with E-state index in [1.807, 2.05) is 0 Å².